The highest BCUT2D eigenvalue weighted by Crippen LogP contribution is 2.47. The van der Waals surface area contributed by atoms with Crippen molar-refractivity contribution in [3.8, 4) is 0 Å². The van der Waals surface area contributed by atoms with Gasteiger partial charge in [0.25, 0.3) is 0 Å². The van der Waals surface area contributed by atoms with Crippen LogP contribution in [-0.2, 0) is 16.1 Å². The van der Waals surface area contributed by atoms with Crippen LogP contribution in [0.2, 0.25) is 0 Å². The van der Waals surface area contributed by atoms with Gasteiger partial charge in [0.15, 0.2) is 0 Å². The Morgan fingerprint density at radius 2 is 2.05 bits per heavy atom. The van der Waals surface area contributed by atoms with Gasteiger partial charge in [-0.05, 0) is 29.7 Å². The Hall–Kier alpha value is -1.62. The molecule has 1 aromatic heterocycles. The second kappa shape index (κ2) is 4.81. The molecule has 100 valence electrons. The predicted molar refractivity (Wildman–Crippen MR) is 68.9 cm³/mol. The summed E-state index contributed by atoms with van der Waals surface area (Å²) in [5, 5.41) is 16.0. The van der Waals surface area contributed by atoms with E-state index in [1.807, 2.05) is 29.7 Å². The first kappa shape index (κ1) is 12.4. The number of rotatable bonds is 4. The molecule has 1 amide bonds. The molecule has 1 heterocycles. The second-order valence-electron chi connectivity index (χ2n) is 5.12. The van der Waals surface area contributed by atoms with E-state index in [2.05, 4.69) is 5.32 Å². The fourth-order valence-electron chi connectivity index (χ4n) is 3.21. The molecule has 2 aliphatic rings. The summed E-state index contributed by atoms with van der Waals surface area (Å²) in [6.07, 6.45) is 4.64. The molecular formula is C14H14NO3S-. The largest absolute Gasteiger partial charge is 0.550 e. The average Bonchev–Trinajstić information content (AvgIpc) is 3.10. The molecule has 2 bridgehead atoms. The molecule has 0 spiro atoms. The number of nitrogens with one attached hydrogen (secondary N) is 1. The van der Waals surface area contributed by atoms with Crippen molar-refractivity contribution in [2.24, 2.45) is 23.7 Å². The number of thiophene rings is 1. The third kappa shape index (κ3) is 2.18. The first-order chi connectivity index (χ1) is 9.16. The number of allylic oxidation sites excluding steroid dienone is 2. The van der Waals surface area contributed by atoms with Crippen LogP contribution in [0.4, 0.5) is 0 Å². The van der Waals surface area contributed by atoms with Gasteiger partial charge in [-0.3, -0.25) is 4.79 Å². The van der Waals surface area contributed by atoms with Gasteiger partial charge in [0.2, 0.25) is 5.91 Å². The zero-order chi connectivity index (χ0) is 13.4. The van der Waals surface area contributed by atoms with E-state index in [1.54, 1.807) is 11.3 Å². The number of aliphatic carboxylic acids is 1. The molecule has 1 aromatic rings. The van der Waals surface area contributed by atoms with Crippen molar-refractivity contribution in [1.29, 1.82) is 0 Å². The van der Waals surface area contributed by atoms with Crippen LogP contribution in [0.15, 0.2) is 29.7 Å². The lowest BCUT2D eigenvalue weighted by molar-refractivity contribution is -0.313. The Labute approximate surface area is 115 Å². The summed E-state index contributed by atoms with van der Waals surface area (Å²) in [7, 11) is 0. The number of hydrogen-bond acceptors (Lipinski definition) is 4. The summed E-state index contributed by atoms with van der Waals surface area (Å²) in [4.78, 5) is 24.5. The Kier molecular flexibility index (Phi) is 3.14. The van der Waals surface area contributed by atoms with Crippen molar-refractivity contribution < 1.29 is 14.7 Å². The molecule has 19 heavy (non-hydrogen) atoms. The highest BCUT2D eigenvalue weighted by Gasteiger charge is 2.48. The molecule has 4 atom stereocenters. The quantitative estimate of drug-likeness (QED) is 0.817. The monoisotopic (exact) mass is 276 g/mol. The minimum Gasteiger partial charge on any atom is -0.550 e. The Balaban J connectivity index is 1.68. The number of carboxylic acid groups (broad SMARTS) is 1. The Morgan fingerprint density at radius 1 is 1.32 bits per heavy atom. The standard InChI is InChI=1S/C14H15NO3S/c16-13(15-7-10-2-1-5-19-10)11-8-3-4-9(6-8)12(11)14(17)18/h1-5,8-9,11-12H,6-7H2,(H,15,16)(H,17,18)/p-1/t8-,9+,11-,12-/m1/s1. The van der Waals surface area contributed by atoms with Crippen LogP contribution in [0.1, 0.15) is 11.3 Å². The van der Waals surface area contributed by atoms with Crippen LogP contribution in [0.5, 0.6) is 0 Å². The van der Waals surface area contributed by atoms with Gasteiger partial charge in [-0.25, -0.2) is 0 Å². The van der Waals surface area contributed by atoms with Gasteiger partial charge in [0.1, 0.15) is 0 Å². The van der Waals surface area contributed by atoms with E-state index >= 15 is 0 Å². The van der Waals surface area contributed by atoms with E-state index in [0.717, 1.165) is 11.3 Å². The minimum absolute atomic E-state index is 0.0347. The smallest absolute Gasteiger partial charge is 0.224 e. The maximum absolute atomic E-state index is 12.2. The lowest BCUT2D eigenvalue weighted by atomic mass is 9.82. The van der Waals surface area contributed by atoms with Crippen LogP contribution >= 0.6 is 11.3 Å². The highest BCUT2D eigenvalue weighted by atomic mass is 32.1. The van der Waals surface area contributed by atoms with Crippen LogP contribution in [0.25, 0.3) is 0 Å². The average molecular weight is 276 g/mol. The molecule has 0 radical (unpaired) electrons. The van der Waals surface area contributed by atoms with Gasteiger partial charge in [0.05, 0.1) is 12.5 Å². The van der Waals surface area contributed by atoms with Gasteiger partial charge in [-0.1, -0.05) is 18.2 Å². The van der Waals surface area contributed by atoms with Gasteiger partial charge >= 0.3 is 0 Å². The second-order valence-corrected chi connectivity index (χ2v) is 6.15. The summed E-state index contributed by atoms with van der Waals surface area (Å²) < 4.78 is 0. The van der Waals surface area contributed by atoms with E-state index < -0.39 is 17.8 Å². The number of carbonyl (C=O) groups excluding carboxylic acids is 2. The van der Waals surface area contributed by atoms with Gasteiger partial charge in [-0.2, -0.15) is 0 Å². The summed E-state index contributed by atoms with van der Waals surface area (Å²) in [5.41, 5.74) is 0. The van der Waals surface area contributed by atoms with E-state index in [1.165, 1.54) is 0 Å². The summed E-state index contributed by atoms with van der Waals surface area (Å²) in [5.74, 6) is -2.39. The van der Waals surface area contributed by atoms with Gasteiger partial charge in [0, 0.05) is 16.8 Å². The third-order valence-corrected chi connectivity index (χ3v) is 4.93. The predicted octanol–water partition coefficient (Wildman–Crippen LogP) is 0.552. The molecule has 5 heteroatoms. The van der Waals surface area contributed by atoms with Crippen molar-refractivity contribution in [2.75, 3.05) is 0 Å². The van der Waals surface area contributed by atoms with Gasteiger partial charge < -0.3 is 15.2 Å². The summed E-state index contributed by atoms with van der Waals surface area (Å²) >= 11 is 1.57. The van der Waals surface area contributed by atoms with E-state index in [9.17, 15) is 14.7 Å². The highest BCUT2D eigenvalue weighted by molar-refractivity contribution is 7.09. The molecule has 0 saturated heterocycles. The first-order valence-electron chi connectivity index (χ1n) is 6.36. The SMILES string of the molecule is O=C(NCc1cccs1)[C@H]1[C@H](C(=O)[O-])[C@H]2C=C[C@@H]1C2. The zero-order valence-electron chi connectivity index (χ0n) is 10.2. The number of amides is 1. The molecule has 1 saturated carbocycles. The van der Waals surface area contributed by atoms with Crippen molar-refractivity contribution in [3.05, 3.63) is 34.5 Å². The Morgan fingerprint density at radius 3 is 2.68 bits per heavy atom. The number of carboxylic acids is 1. The van der Waals surface area contributed by atoms with E-state index in [0.29, 0.717) is 6.54 Å². The Bertz CT molecular complexity index is 523. The first-order valence-corrected chi connectivity index (χ1v) is 7.24. The van der Waals surface area contributed by atoms with Crippen LogP contribution in [-0.4, -0.2) is 11.9 Å². The van der Waals surface area contributed by atoms with Crippen molar-refractivity contribution >= 4 is 23.2 Å². The van der Waals surface area contributed by atoms with Crippen molar-refractivity contribution in [2.45, 2.75) is 13.0 Å². The number of hydrogen-bond donors (Lipinski definition) is 1. The van der Waals surface area contributed by atoms with E-state index in [4.69, 9.17) is 0 Å². The fraction of sp³-hybridized carbons (Fsp3) is 0.429. The molecule has 1 N–H and O–H groups in total. The molecule has 0 aromatic carbocycles. The number of fused-ring (bicyclic) bond motifs is 2. The zero-order valence-corrected chi connectivity index (χ0v) is 11.1. The lowest BCUT2D eigenvalue weighted by Gasteiger charge is -2.27. The minimum atomic E-state index is -1.10. The van der Waals surface area contributed by atoms with Crippen molar-refractivity contribution in [1.82, 2.24) is 5.32 Å². The normalized spacial score (nSPS) is 31.6. The molecular weight excluding hydrogens is 262 g/mol. The molecule has 0 aliphatic heterocycles. The summed E-state index contributed by atoms with van der Waals surface area (Å²) in [6.45, 7) is 0.466. The van der Waals surface area contributed by atoms with E-state index in [-0.39, 0.29) is 17.7 Å². The third-order valence-electron chi connectivity index (χ3n) is 4.05. The maximum Gasteiger partial charge on any atom is 0.224 e. The molecule has 3 rings (SSSR count). The van der Waals surface area contributed by atoms with Crippen LogP contribution < -0.4 is 10.4 Å². The topological polar surface area (TPSA) is 69.2 Å². The fourth-order valence-corrected chi connectivity index (χ4v) is 3.85. The molecule has 1 fully saturated rings. The number of carbonyl (C=O) groups is 2. The lowest BCUT2D eigenvalue weighted by Crippen LogP contribution is -2.44. The van der Waals surface area contributed by atoms with Crippen LogP contribution in [0, 0.1) is 23.7 Å². The van der Waals surface area contributed by atoms with Crippen molar-refractivity contribution in [3.63, 3.8) is 0 Å². The molecule has 2 aliphatic carbocycles. The summed E-state index contributed by atoms with van der Waals surface area (Å²) in [6, 6.07) is 3.87. The van der Waals surface area contributed by atoms with Gasteiger partial charge in [-0.15, -0.1) is 11.3 Å². The van der Waals surface area contributed by atoms with Crippen LogP contribution in [0.3, 0.4) is 0 Å². The maximum atomic E-state index is 12.2. The molecule has 4 nitrogen and oxygen atoms in total. The molecule has 0 unspecified atom stereocenters.